The number of carbonyl (C=O) groups is 1. The minimum absolute atomic E-state index is 0.0402. The quantitative estimate of drug-likeness (QED) is 0.819. The van der Waals surface area contributed by atoms with Crippen LogP contribution in [0.5, 0.6) is 0 Å². The zero-order valence-corrected chi connectivity index (χ0v) is 10.8. The molecule has 1 rings (SSSR count). The molecule has 18 heavy (non-hydrogen) atoms. The van der Waals surface area contributed by atoms with Crippen LogP contribution in [0.4, 0.5) is 4.39 Å². The molecule has 0 fully saturated rings. The van der Waals surface area contributed by atoms with E-state index >= 15 is 0 Å². The highest BCUT2D eigenvalue weighted by molar-refractivity contribution is 5.73. The van der Waals surface area contributed by atoms with Gasteiger partial charge in [0, 0.05) is 0 Å². The summed E-state index contributed by atoms with van der Waals surface area (Å²) in [6.07, 6.45) is 1.14. The van der Waals surface area contributed by atoms with Crippen molar-refractivity contribution in [3.63, 3.8) is 0 Å². The third-order valence-electron chi connectivity index (χ3n) is 3.50. The number of carboxylic acid groups (broad SMARTS) is 1. The SMILES string of the molecule is CCC(CC(N)C(=O)O)C(C)c1ccccc1F. The molecule has 0 aliphatic carbocycles. The molecule has 0 aliphatic heterocycles. The van der Waals surface area contributed by atoms with E-state index in [0.29, 0.717) is 12.0 Å². The number of benzene rings is 1. The first-order valence-electron chi connectivity index (χ1n) is 6.20. The number of aliphatic carboxylic acids is 1. The molecule has 3 N–H and O–H groups in total. The second-order valence-corrected chi connectivity index (χ2v) is 4.66. The zero-order valence-electron chi connectivity index (χ0n) is 10.8. The lowest BCUT2D eigenvalue weighted by atomic mass is 9.81. The number of halogens is 1. The van der Waals surface area contributed by atoms with Crippen molar-refractivity contribution < 1.29 is 14.3 Å². The molecule has 0 bridgehead atoms. The fourth-order valence-corrected chi connectivity index (χ4v) is 2.25. The molecule has 3 nitrogen and oxygen atoms in total. The van der Waals surface area contributed by atoms with Crippen molar-refractivity contribution >= 4 is 5.97 Å². The smallest absolute Gasteiger partial charge is 0.320 e. The van der Waals surface area contributed by atoms with Gasteiger partial charge in [0.05, 0.1) is 0 Å². The molecular formula is C14H20FNO2. The summed E-state index contributed by atoms with van der Waals surface area (Å²) >= 11 is 0. The van der Waals surface area contributed by atoms with Crippen LogP contribution in [0.1, 0.15) is 38.2 Å². The molecule has 3 atom stereocenters. The number of rotatable bonds is 6. The lowest BCUT2D eigenvalue weighted by Crippen LogP contribution is -2.33. The highest BCUT2D eigenvalue weighted by Crippen LogP contribution is 2.31. The van der Waals surface area contributed by atoms with Crippen LogP contribution in [0.25, 0.3) is 0 Å². The molecule has 0 amide bonds. The first-order valence-corrected chi connectivity index (χ1v) is 6.20. The van der Waals surface area contributed by atoms with Gasteiger partial charge in [0.1, 0.15) is 11.9 Å². The van der Waals surface area contributed by atoms with E-state index in [1.54, 1.807) is 18.2 Å². The topological polar surface area (TPSA) is 63.3 Å². The molecule has 4 heteroatoms. The summed E-state index contributed by atoms with van der Waals surface area (Å²) in [4.78, 5) is 10.8. The van der Waals surface area contributed by atoms with Crippen molar-refractivity contribution in [1.82, 2.24) is 0 Å². The maximum Gasteiger partial charge on any atom is 0.320 e. The van der Waals surface area contributed by atoms with Crippen molar-refractivity contribution in [1.29, 1.82) is 0 Å². The van der Waals surface area contributed by atoms with Crippen LogP contribution in [0, 0.1) is 11.7 Å². The number of carboxylic acids is 1. The highest BCUT2D eigenvalue weighted by Gasteiger charge is 2.24. The van der Waals surface area contributed by atoms with Crippen LogP contribution in [-0.2, 0) is 4.79 Å². The molecule has 1 aromatic carbocycles. The Hall–Kier alpha value is -1.42. The monoisotopic (exact) mass is 253 g/mol. The third kappa shape index (κ3) is 3.53. The average molecular weight is 253 g/mol. The summed E-state index contributed by atoms with van der Waals surface area (Å²) in [6, 6.07) is 5.72. The van der Waals surface area contributed by atoms with Gasteiger partial charge < -0.3 is 10.8 Å². The van der Waals surface area contributed by atoms with Crippen molar-refractivity contribution in [2.45, 2.75) is 38.6 Å². The fraction of sp³-hybridized carbons (Fsp3) is 0.500. The Labute approximate surface area is 107 Å². The van der Waals surface area contributed by atoms with E-state index < -0.39 is 12.0 Å². The lowest BCUT2D eigenvalue weighted by Gasteiger charge is -2.25. The van der Waals surface area contributed by atoms with Crippen LogP contribution >= 0.6 is 0 Å². The van der Waals surface area contributed by atoms with Gasteiger partial charge >= 0.3 is 5.97 Å². The molecule has 0 saturated heterocycles. The van der Waals surface area contributed by atoms with Gasteiger partial charge in [-0.05, 0) is 29.9 Å². The standard InChI is InChI=1S/C14H20FNO2/c1-3-10(8-13(16)14(17)18)9(2)11-6-4-5-7-12(11)15/h4-7,9-10,13H,3,8,16H2,1-2H3,(H,17,18). The van der Waals surface area contributed by atoms with Crippen LogP contribution < -0.4 is 5.73 Å². The average Bonchev–Trinajstić information content (AvgIpc) is 2.35. The van der Waals surface area contributed by atoms with Gasteiger partial charge in [-0.3, -0.25) is 4.79 Å². The van der Waals surface area contributed by atoms with Crippen molar-refractivity contribution in [3.8, 4) is 0 Å². The molecule has 100 valence electrons. The Bertz CT molecular complexity index is 409. The van der Waals surface area contributed by atoms with E-state index in [1.165, 1.54) is 6.07 Å². The normalized spacial score (nSPS) is 16.0. The maximum atomic E-state index is 13.7. The Kier molecular flexibility index (Phi) is 5.28. The molecule has 0 radical (unpaired) electrons. The molecule has 0 spiro atoms. The number of nitrogens with two attached hydrogens (primary N) is 1. The van der Waals surface area contributed by atoms with Gasteiger partial charge in [-0.2, -0.15) is 0 Å². The van der Waals surface area contributed by atoms with Crippen LogP contribution in [-0.4, -0.2) is 17.1 Å². The predicted molar refractivity (Wildman–Crippen MR) is 68.8 cm³/mol. The molecule has 3 unspecified atom stereocenters. The van der Waals surface area contributed by atoms with E-state index in [4.69, 9.17) is 10.8 Å². The number of hydrogen-bond acceptors (Lipinski definition) is 2. The van der Waals surface area contributed by atoms with Gasteiger partial charge in [-0.1, -0.05) is 38.5 Å². The zero-order chi connectivity index (χ0) is 13.7. The van der Waals surface area contributed by atoms with E-state index in [9.17, 15) is 9.18 Å². The van der Waals surface area contributed by atoms with Gasteiger partial charge in [-0.15, -0.1) is 0 Å². The summed E-state index contributed by atoms with van der Waals surface area (Å²) in [7, 11) is 0. The summed E-state index contributed by atoms with van der Waals surface area (Å²) in [5.41, 5.74) is 6.18. The number of hydrogen-bond donors (Lipinski definition) is 2. The summed E-state index contributed by atoms with van der Waals surface area (Å²) < 4.78 is 13.7. The summed E-state index contributed by atoms with van der Waals surface area (Å²) in [5.74, 6) is -1.23. The Balaban J connectivity index is 2.83. The molecular weight excluding hydrogens is 233 g/mol. The third-order valence-corrected chi connectivity index (χ3v) is 3.50. The minimum Gasteiger partial charge on any atom is -0.480 e. The van der Waals surface area contributed by atoms with Crippen LogP contribution in [0.2, 0.25) is 0 Å². The van der Waals surface area contributed by atoms with E-state index in [2.05, 4.69) is 0 Å². The van der Waals surface area contributed by atoms with Crippen LogP contribution in [0.3, 0.4) is 0 Å². The van der Waals surface area contributed by atoms with Crippen LogP contribution in [0.15, 0.2) is 24.3 Å². The second kappa shape index (κ2) is 6.50. The van der Waals surface area contributed by atoms with Crippen molar-refractivity contribution in [2.75, 3.05) is 0 Å². The molecule has 0 saturated carbocycles. The van der Waals surface area contributed by atoms with Crippen molar-refractivity contribution in [3.05, 3.63) is 35.6 Å². The van der Waals surface area contributed by atoms with Gasteiger partial charge in [-0.25, -0.2) is 4.39 Å². The molecule has 0 heterocycles. The summed E-state index contributed by atoms with van der Waals surface area (Å²) in [6.45, 7) is 3.89. The van der Waals surface area contributed by atoms with E-state index in [-0.39, 0.29) is 17.7 Å². The van der Waals surface area contributed by atoms with Gasteiger partial charge in [0.15, 0.2) is 0 Å². The minimum atomic E-state index is -1.01. The van der Waals surface area contributed by atoms with Gasteiger partial charge in [0.25, 0.3) is 0 Å². The Morgan fingerprint density at radius 3 is 2.56 bits per heavy atom. The van der Waals surface area contributed by atoms with Gasteiger partial charge in [0.2, 0.25) is 0 Å². The predicted octanol–water partition coefficient (Wildman–Crippen LogP) is 2.76. The lowest BCUT2D eigenvalue weighted by molar-refractivity contribution is -0.139. The Morgan fingerprint density at radius 2 is 2.06 bits per heavy atom. The Morgan fingerprint density at radius 1 is 1.44 bits per heavy atom. The largest absolute Gasteiger partial charge is 0.480 e. The molecule has 0 aromatic heterocycles. The second-order valence-electron chi connectivity index (χ2n) is 4.66. The summed E-state index contributed by atoms with van der Waals surface area (Å²) in [5, 5.41) is 8.83. The first-order chi connectivity index (χ1) is 8.47. The maximum absolute atomic E-state index is 13.7. The first kappa shape index (κ1) is 14.6. The highest BCUT2D eigenvalue weighted by atomic mass is 19.1. The fourth-order valence-electron chi connectivity index (χ4n) is 2.25. The molecule has 1 aromatic rings. The van der Waals surface area contributed by atoms with E-state index in [1.807, 2.05) is 13.8 Å². The van der Waals surface area contributed by atoms with E-state index in [0.717, 1.165) is 6.42 Å². The van der Waals surface area contributed by atoms with Crippen molar-refractivity contribution in [2.24, 2.45) is 11.7 Å². The molecule has 0 aliphatic rings.